The molecule has 0 saturated heterocycles. The Kier molecular flexibility index (Phi) is 4.24. The Balaban J connectivity index is 3.78. The van der Waals surface area contributed by atoms with Gasteiger partial charge in [-0.05, 0) is 25.7 Å². The van der Waals surface area contributed by atoms with E-state index in [1.807, 2.05) is 0 Å². The molecule has 3 heteroatoms. The first-order valence-corrected chi connectivity index (χ1v) is 4.34. The Morgan fingerprint density at radius 2 is 2.08 bits per heavy atom. The topological polar surface area (TPSA) is 63.3 Å². The van der Waals surface area contributed by atoms with Crippen molar-refractivity contribution >= 4 is 5.97 Å². The van der Waals surface area contributed by atoms with E-state index >= 15 is 0 Å². The van der Waals surface area contributed by atoms with Crippen molar-refractivity contribution in [3.05, 3.63) is 0 Å². The molecule has 0 fully saturated rings. The van der Waals surface area contributed by atoms with Crippen LogP contribution >= 0.6 is 0 Å². The molecule has 0 aliphatic carbocycles. The Bertz CT molecular complexity index is 153. The van der Waals surface area contributed by atoms with E-state index in [2.05, 4.69) is 13.8 Å². The second kappa shape index (κ2) is 4.45. The fourth-order valence-corrected chi connectivity index (χ4v) is 1.05. The van der Waals surface area contributed by atoms with Crippen LogP contribution in [-0.2, 0) is 4.79 Å². The van der Waals surface area contributed by atoms with Crippen molar-refractivity contribution < 1.29 is 9.90 Å². The van der Waals surface area contributed by atoms with E-state index in [0.29, 0.717) is 5.92 Å². The molecule has 0 saturated carbocycles. The van der Waals surface area contributed by atoms with E-state index in [1.54, 1.807) is 6.92 Å². The lowest BCUT2D eigenvalue weighted by molar-refractivity contribution is -0.138. The van der Waals surface area contributed by atoms with Gasteiger partial charge >= 0.3 is 5.97 Å². The maximum atomic E-state index is 10.4. The summed E-state index contributed by atoms with van der Waals surface area (Å²) in [5.41, 5.74) is 5.24. The quantitative estimate of drug-likeness (QED) is 0.664. The molecule has 3 nitrogen and oxygen atoms in total. The first-order chi connectivity index (χ1) is 5.33. The largest absolute Gasteiger partial charge is 0.481 e. The fourth-order valence-electron chi connectivity index (χ4n) is 1.05. The van der Waals surface area contributed by atoms with Gasteiger partial charge in [-0.25, -0.2) is 0 Å². The van der Waals surface area contributed by atoms with Crippen LogP contribution in [-0.4, -0.2) is 16.6 Å². The summed E-state index contributed by atoms with van der Waals surface area (Å²) in [4.78, 5) is 10.4. The van der Waals surface area contributed by atoms with Crippen LogP contribution < -0.4 is 5.73 Å². The van der Waals surface area contributed by atoms with E-state index in [4.69, 9.17) is 10.8 Å². The summed E-state index contributed by atoms with van der Waals surface area (Å²) in [5, 5.41) is 8.53. The number of carboxylic acid groups (broad SMARTS) is 1. The molecule has 1 unspecified atom stereocenters. The minimum Gasteiger partial charge on any atom is -0.481 e. The Hall–Kier alpha value is -0.570. The molecular weight excluding hydrogens is 154 g/mol. The van der Waals surface area contributed by atoms with Crippen LogP contribution in [0.3, 0.4) is 0 Å². The molecule has 0 aliphatic rings. The highest BCUT2D eigenvalue weighted by Crippen LogP contribution is 2.16. The first kappa shape index (κ1) is 11.4. The molecule has 0 rings (SSSR count). The highest BCUT2D eigenvalue weighted by atomic mass is 16.4. The normalized spacial score (nSPS) is 16.1. The van der Waals surface area contributed by atoms with Crippen LogP contribution in [0.15, 0.2) is 0 Å². The molecule has 12 heavy (non-hydrogen) atoms. The van der Waals surface area contributed by atoms with Gasteiger partial charge in [-0.1, -0.05) is 13.8 Å². The number of hydrogen-bond acceptors (Lipinski definition) is 2. The minimum absolute atomic E-state index is 0.0553. The van der Waals surface area contributed by atoms with Crippen LogP contribution in [0.4, 0.5) is 0 Å². The van der Waals surface area contributed by atoms with E-state index in [9.17, 15) is 4.79 Å². The summed E-state index contributed by atoms with van der Waals surface area (Å²) in [6.07, 6.45) is 1.82. The van der Waals surface area contributed by atoms with Crippen molar-refractivity contribution in [1.82, 2.24) is 0 Å². The number of nitrogens with two attached hydrogens (primary N) is 1. The first-order valence-electron chi connectivity index (χ1n) is 4.34. The summed E-state index contributed by atoms with van der Waals surface area (Å²) in [7, 11) is 0. The maximum absolute atomic E-state index is 10.4. The van der Waals surface area contributed by atoms with Gasteiger partial charge in [-0.15, -0.1) is 0 Å². The third kappa shape index (κ3) is 6.16. The van der Waals surface area contributed by atoms with Crippen molar-refractivity contribution in [3.63, 3.8) is 0 Å². The van der Waals surface area contributed by atoms with E-state index in [-0.39, 0.29) is 6.42 Å². The predicted molar refractivity (Wildman–Crippen MR) is 48.9 cm³/mol. The third-order valence-corrected chi connectivity index (χ3v) is 1.85. The van der Waals surface area contributed by atoms with Crippen LogP contribution in [0.1, 0.15) is 40.0 Å². The predicted octanol–water partition coefficient (Wildman–Crippen LogP) is 1.61. The number of carboxylic acids is 1. The number of carbonyl (C=O) groups is 1. The zero-order valence-corrected chi connectivity index (χ0v) is 8.13. The molecule has 0 aromatic rings. The highest BCUT2D eigenvalue weighted by Gasteiger charge is 2.21. The average Bonchev–Trinajstić information content (AvgIpc) is 1.81. The van der Waals surface area contributed by atoms with Crippen molar-refractivity contribution in [2.45, 2.75) is 45.6 Å². The summed E-state index contributed by atoms with van der Waals surface area (Å²) < 4.78 is 0. The molecule has 0 aliphatic heterocycles. The van der Waals surface area contributed by atoms with E-state index in [1.165, 1.54) is 0 Å². The van der Waals surface area contributed by atoms with Crippen LogP contribution in [0.25, 0.3) is 0 Å². The molecule has 1 atom stereocenters. The zero-order valence-electron chi connectivity index (χ0n) is 8.13. The van der Waals surface area contributed by atoms with Gasteiger partial charge < -0.3 is 10.8 Å². The lowest BCUT2D eigenvalue weighted by atomic mass is 9.90. The Labute approximate surface area is 74.0 Å². The molecule has 0 aromatic carbocycles. The molecule has 72 valence electrons. The summed E-state index contributed by atoms with van der Waals surface area (Å²) >= 11 is 0. The Morgan fingerprint density at radius 3 is 2.42 bits per heavy atom. The van der Waals surface area contributed by atoms with Gasteiger partial charge in [0.25, 0.3) is 0 Å². The Morgan fingerprint density at radius 1 is 1.58 bits per heavy atom. The standard InChI is InChI=1S/C9H19NO2/c1-7(2)4-5-9(3,10)6-8(11)12/h7H,4-6,10H2,1-3H3,(H,11,12). The van der Waals surface area contributed by atoms with Gasteiger partial charge in [-0.2, -0.15) is 0 Å². The molecular formula is C9H19NO2. The van der Waals surface area contributed by atoms with E-state index in [0.717, 1.165) is 12.8 Å². The second-order valence-corrected chi connectivity index (χ2v) is 4.16. The van der Waals surface area contributed by atoms with Crippen molar-refractivity contribution in [3.8, 4) is 0 Å². The van der Waals surface area contributed by atoms with Gasteiger partial charge in [0.1, 0.15) is 0 Å². The molecule has 0 amide bonds. The van der Waals surface area contributed by atoms with Crippen molar-refractivity contribution in [1.29, 1.82) is 0 Å². The fraction of sp³-hybridized carbons (Fsp3) is 0.889. The SMILES string of the molecule is CC(C)CCC(C)(N)CC(=O)O. The van der Waals surface area contributed by atoms with Crippen LogP contribution in [0.2, 0.25) is 0 Å². The van der Waals surface area contributed by atoms with Gasteiger partial charge in [0.05, 0.1) is 6.42 Å². The number of hydrogen-bond donors (Lipinski definition) is 2. The molecule has 0 bridgehead atoms. The van der Waals surface area contributed by atoms with Crippen molar-refractivity contribution in [2.24, 2.45) is 11.7 Å². The van der Waals surface area contributed by atoms with Crippen LogP contribution in [0, 0.1) is 5.92 Å². The molecule has 0 radical (unpaired) electrons. The van der Waals surface area contributed by atoms with Gasteiger partial charge in [-0.3, -0.25) is 4.79 Å². The van der Waals surface area contributed by atoms with Gasteiger partial charge in [0.2, 0.25) is 0 Å². The van der Waals surface area contributed by atoms with Gasteiger partial charge in [0, 0.05) is 5.54 Å². The molecule has 0 aromatic heterocycles. The molecule has 0 heterocycles. The lowest BCUT2D eigenvalue weighted by Gasteiger charge is -2.23. The van der Waals surface area contributed by atoms with Gasteiger partial charge in [0.15, 0.2) is 0 Å². The monoisotopic (exact) mass is 173 g/mol. The number of aliphatic carboxylic acids is 1. The second-order valence-electron chi connectivity index (χ2n) is 4.16. The summed E-state index contributed by atoms with van der Waals surface area (Å²) in [5.74, 6) is -0.231. The lowest BCUT2D eigenvalue weighted by Crippen LogP contribution is -2.38. The van der Waals surface area contributed by atoms with Crippen LogP contribution in [0.5, 0.6) is 0 Å². The highest BCUT2D eigenvalue weighted by molar-refractivity contribution is 5.68. The molecule has 0 spiro atoms. The maximum Gasteiger partial charge on any atom is 0.305 e. The van der Waals surface area contributed by atoms with E-state index < -0.39 is 11.5 Å². The zero-order chi connectivity index (χ0) is 9.78. The average molecular weight is 173 g/mol. The smallest absolute Gasteiger partial charge is 0.305 e. The van der Waals surface area contributed by atoms with Crippen molar-refractivity contribution in [2.75, 3.05) is 0 Å². The molecule has 3 N–H and O–H groups in total. The summed E-state index contributed by atoms with van der Waals surface area (Å²) in [6.45, 7) is 6.01. The number of rotatable bonds is 5. The minimum atomic E-state index is -0.816. The summed E-state index contributed by atoms with van der Waals surface area (Å²) in [6, 6.07) is 0. The third-order valence-electron chi connectivity index (χ3n) is 1.85.